The molecular formula is C18H19ClFNO. The summed E-state index contributed by atoms with van der Waals surface area (Å²) in [7, 11) is 0. The van der Waals surface area contributed by atoms with Crippen LogP contribution in [0, 0.1) is 19.7 Å². The third kappa shape index (κ3) is 4.08. The average molecular weight is 320 g/mol. The molecule has 0 heterocycles. The van der Waals surface area contributed by atoms with Crippen molar-refractivity contribution in [2.75, 3.05) is 0 Å². The fraction of sp³-hybridized carbons (Fsp3) is 0.278. The Balaban J connectivity index is 2.06. The van der Waals surface area contributed by atoms with E-state index in [1.54, 1.807) is 12.1 Å². The molecule has 0 bridgehead atoms. The van der Waals surface area contributed by atoms with E-state index in [4.69, 9.17) is 11.6 Å². The minimum atomic E-state index is -0.456. The lowest BCUT2D eigenvalue weighted by Gasteiger charge is -2.17. The van der Waals surface area contributed by atoms with Crippen LogP contribution >= 0.6 is 11.6 Å². The zero-order valence-electron chi connectivity index (χ0n) is 12.9. The Kier molecular flexibility index (Phi) is 5.19. The van der Waals surface area contributed by atoms with Crippen molar-refractivity contribution in [1.29, 1.82) is 0 Å². The van der Waals surface area contributed by atoms with E-state index in [-0.39, 0.29) is 18.4 Å². The highest BCUT2D eigenvalue weighted by Crippen LogP contribution is 2.20. The molecule has 0 radical (unpaired) electrons. The Hall–Kier alpha value is -1.87. The molecule has 0 aliphatic rings. The normalized spacial score (nSPS) is 12.0. The summed E-state index contributed by atoms with van der Waals surface area (Å²) in [5, 5.41) is 3.24. The monoisotopic (exact) mass is 319 g/mol. The lowest BCUT2D eigenvalue weighted by Crippen LogP contribution is -2.28. The van der Waals surface area contributed by atoms with Crippen molar-refractivity contribution in [3.05, 3.63) is 69.5 Å². The summed E-state index contributed by atoms with van der Waals surface area (Å²) in [6.07, 6.45) is -0.00178. The van der Waals surface area contributed by atoms with Crippen LogP contribution in [0.4, 0.5) is 4.39 Å². The summed E-state index contributed by atoms with van der Waals surface area (Å²) < 4.78 is 13.7. The molecule has 0 unspecified atom stereocenters. The topological polar surface area (TPSA) is 29.1 Å². The minimum absolute atomic E-state index is 0.00178. The number of carbonyl (C=O) groups is 1. The molecule has 1 N–H and O–H groups in total. The predicted octanol–water partition coefficient (Wildman–Crippen LogP) is 4.52. The van der Waals surface area contributed by atoms with Gasteiger partial charge in [-0.2, -0.15) is 0 Å². The number of carbonyl (C=O) groups excluding carboxylic acids is 1. The van der Waals surface area contributed by atoms with Gasteiger partial charge in [0.2, 0.25) is 5.91 Å². The second-order valence-electron chi connectivity index (χ2n) is 5.56. The van der Waals surface area contributed by atoms with E-state index in [2.05, 4.69) is 11.4 Å². The number of benzene rings is 2. The summed E-state index contributed by atoms with van der Waals surface area (Å²) in [4.78, 5) is 12.1. The number of amides is 1. The lowest BCUT2D eigenvalue weighted by atomic mass is 9.99. The van der Waals surface area contributed by atoms with Crippen molar-refractivity contribution < 1.29 is 9.18 Å². The number of rotatable bonds is 4. The molecule has 2 aromatic carbocycles. The molecule has 0 saturated carbocycles. The van der Waals surface area contributed by atoms with Gasteiger partial charge in [-0.1, -0.05) is 41.4 Å². The first-order valence-electron chi connectivity index (χ1n) is 7.17. The van der Waals surface area contributed by atoms with E-state index >= 15 is 0 Å². The first kappa shape index (κ1) is 16.5. The van der Waals surface area contributed by atoms with Gasteiger partial charge in [-0.25, -0.2) is 4.39 Å². The fourth-order valence-corrected chi connectivity index (χ4v) is 2.59. The molecule has 0 saturated heterocycles. The second kappa shape index (κ2) is 6.93. The van der Waals surface area contributed by atoms with Gasteiger partial charge in [-0.15, -0.1) is 0 Å². The molecule has 1 amide bonds. The fourth-order valence-electron chi connectivity index (χ4n) is 2.43. The predicted molar refractivity (Wildman–Crippen MR) is 87.6 cm³/mol. The van der Waals surface area contributed by atoms with Crippen molar-refractivity contribution in [3.63, 3.8) is 0 Å². The number of aryl methyl sites for hydroxylation is 2. The Morgan fingerprint density at radius 1 is 1.23 bits per heavy atom. The molecule has 2 aromatic rings. The van der Waals surface area contributed by atoms with Crippen molar-refractivity contribution >= 4 is 17.5 Å². The zero-order chi connectivity index (χ0) is 16.3. The van der Waals surface area contributed by atoms with Gasteiger partial charge in [-0.3, -0.25) is 4.79 Å². The maximum absolute atomic E-state index is 13.7. The Bertz CT molecular complexity index is 699. The third-order valence-corrected chi connectivity index (χ3v) is 3.88. The molecule has 0 aromatic heterocycles. The summed E-state index contributed by atoms with van der Waals surface area (Å²) in [5.41, 5.74) is 3.68. The molecular weight excluding hydrogens is 301 g/mol. The van der Waals surface area contributed by atoms with Crippen LogP contribution in [0.2, 0.25) is 5.02 Å². The summed E-state index contributed by atoms with van der Waals surface area (Å²) in [6, 6.07) is 10.4. The van der Waals surface area contributed by atoms with Gasteiger partial charge < -0.3 is 5.32 Å². The molecule has 0 spiro atoms. The van der Waals surface area contributed by atoms with Crippen LogP contribution in [0.15, 0.2) is 36.4 Å². The highest BCUT2D eigenvalue weighted by molar-refractivity contribution is 6.30. The van der Waals surface area contributed by atoms with Crippen molar-refractivity contribution in [2.45, 2.75) is 33.2 Å². The summed E-state index contributed by atoms with van der Waals surface area (Å²) in [6.45, 7) is 5.95. The molecule has 22 heavy (non-hydrogen) atoms. The van der Waals surface area contributed by atoms with Crippen LogP contribution in [0.1, 0.15) is 35.2 Å². The number of halogens is 2. The Morgan fingerprint density at radius 2 is 1.95 bits per heavy atom. The van der Waals surface area contributed by atoms with Crippen LogP contribution < -0.4 is 5.32 Å². The second-order valence-corrected chi connectivity index (χ2v) is 6.00. The van der Waals surface area contributed by atoms with Crippen molar-refractivity contribution in [3.8, 4) is 0 Å². The summed E-state index contributed by atoms with van der Waals surface area (Å²) >= 11 is 5.71. The van der Waals surface area contributed by atoms with E-state index < -0.39 is 5.82 Å². The van der Waals surface area contributed by atoms with Crippen molar-refractivity contribution in [2.24, 2.45) is 0 Å². The molecule has 1 atom stereocenters. The highest BCUT2D eigenvalue weighted by atomic mass is 35.5. The van der Waals surface area contributed by atoms with Crippen molar-refractivity contribution in [1.82, 2.24) is 5.32 Å². The molecule has 4 heteroatoms. The molecule has 0 fully saturated rings. The van der Waals surface area contributed by atoms with Crippen LogP contribution in [0.25, 0.3) is 0 Å². The average Bonchev–Trinajstić information content (AvgIpc) is 2.44. The molecule has 116 valence electrons. The number of hydrogen-bond acceptors (Lipinski definition) is 1. The van der Waals surface area contributed by atoms with Gasteiger partial charge in [-0.05, 0) is 49.6 Å². The summed E-state index contributed by atoms with van der Waals surface area (Å²) in [5.74, 6) is -0.670. The number of hydrogen-bond donors (Lipinski definition) is 1. The van der Waals surface area contributed by atoms with E-state index in [1.807, 2.05) is 32.9 Å². The Labute approximate surface area is 135 Å². The first-order valence-corrected chi connectivity index (χ1v) is 7.55. The van der Waals surface area contributed by atoms with Gasteiger partial charge >= 0.3 is 0 Å². The first-order chi connectivity index (χ1) is 10.4. The minimum Gasteiger partial charge on any atom is -0.349 e. The maximum atomic E-state index is 13.7. The smallest absolute Gasteiger partial charge is 0.225 e. The van der Waals surface area contributed by atoms with Crippen LogP contribution in [-0.4, -0.2) is 5.91 Å². The largest absolute Gasteiger partial charge is 0.349 e. The van der Waals surface area contributed by atoms with Crippen LogP contribution in [0.5, 0.6) is 0 Å². The zero-order valence-corrected chi connectivity index (χ0v) is 13.7. The molecule has 0 aliphatic heterocycles. The third-order valence-electron chi connectivity index (χ3n) is 3.64. The molecule has 0 aliphatic carbocycles. The number of nitrogens with one attached hydrogen (secondary N) is 1. The van der Waals surface area contributed by atoms with E-state index in [0.717, 1.165) is 16.7 Å². The molecule has 2 rings (SSSR count). The van der Waals surface area contributed by atoms with E-state index in [0.29, 0.717) is 10.6 Å². The lowest BCUT2D eigenvalue weighted by molar-refractivity contribution is -0.121. The van der Waals surface area contributed by atoms with Gasteiger partial charge in [0.1, 0.15) is 5.82 Å². The van der Waals surface area contributed by atoms with Gasteiger partial charge in [0.05, 0.1) is 12.5 Å². The SMILES string of the molecule is Cc1ccc(C)c([C@@H](C)NC(=O)Cc2ccc(Cl)cc2F)c1. The quantitative estimate of drug-likeness (QED) is 0.882. The van der Waals surface area contributed by atoms with Gasteiger partial charge in [0, 0.05) is 5.02 Å². The van der Waals surface area contributed by atoms with Gasteiger partial charge in [0.15, 0.2) is 0 Å². The van der Waals surface area contributed by atoms with E-state index in [9.17, 15) is 9.18 Å². The Morgan fingerprint density at radius 3 is 2.64 bits per heavy atom. The molecule has 2 nitrogen and oxygen atoms in total. The van der Waals surface area contributed by atoms with Crippen LogP contribution in [0.3, 0.4) is 0 Å². The van der Waals surface area contributed by atoms with Gasteiger partial charge in [0.25, 0.3) is 0 Å². The highest BCUT2D eigenvalue weighted by Gasteiger charge is 2.14. The standard InChI is InChI=1S/C18H19ClFNO/c1-11-4-5-12(2)16(8-11)13(3)21-18(22)9-14-6-7-15(19)10-17(14)20/h4-8,10,13H,9H2,1-3H3,(H,21,22)/t13-/m1/s1. The van der Waals surface area contributed by atoms with Crippen LogP contribution in [-0.2, 0) is 11.2 Å². The maximum Gasteiger partial charge on any atom is 0.225 e. The van der Waals surface area contributed by atoms with E-state index in [1.165, 1.54) is 6.07 Å².